The molecular formula is C14H11F3N2O. The SMILES string of the molecule is CN(Cc1ccc(F)c(F)c1)C(=O)c1ccnc(F)c1. The van der Waals surface area contributed by atoms with Crippen LogP contribution in [0.3, 0.4) is 0 Å². The fraction of sp³-hybridized carbons (Fsp3) is 0.143. The van der Waals surface area contributed by atoms with Gasteiger partial charge in [-0.3, -0.25) is 4.79 Å². The Morgan fingerprint density at radius 3 is 2.55 bits per heavy atom. The lowest BCUT2D eigenvalue weighted by atomic mass is 10.2. The maximum Gasteiger partial charge on any atom is 0.254 e. The maximum atomic E-state index is 13.1. The van der Waals surface area contributed by atoms with Gasteiger partial charge in [0.2, 0.25) is 5.95 Å². The van der Waals surface area contributed by atoms with Crippen LogP contribution in [0.5, 0.6) is 0 Å². The third-order valence-corrected chi connectivity index (χ3v) is 2.72. The first-order chi connectivity index (χ1) is 9.47. The van der Waals surface area contributed by atoms with Crippen molar-refractivity contribution in [1.82, 2.24) is 9.88 Å². The van der Waals surface area contributed by atoms with E-state index in [1.54, 1.807) is 0 Å². The smallest absolute Gasteiger partial charge is 0.254 e. The van der Waals surface area contributed by atoms with Gasteiger partial charge in [0.15, 0.2) is 11.6 Å². The van der Waals surface area contributed by atoms with Crippen molar-refractivity contribution in [2.45, 2.75) is 6.54 Å². The van der Waals surface area contributed by atoms with E-state index in [1.165, 1.54) is 30.3 Å². The molecule has 1 aromatic heterocycles. The van der Waals surface area contributed by atoms with E-state index in [4.69, 9.17) is 0 Å². The zero-order chi connectivity index (χ0) is 14.7. The molecule has 6 heteroatoms. The minimum atomic E-state index is -0.974. The van der Waals surface area contributed by atoms with Gasteiger partial charge in [0.05, 0.1) is 0 Å². The predicted octanol–water partition coefficient (Wildman–Crippen LogP) is 2.77. The van der Waals surface area contributed by atoms with Gasteiger partial charge in [-0.05, 0) is 23.8 Å². The van der Waals surface area contributed by atoms with Crippen LogP contribution in [-0.4, -0.2) is 22.8 Å². The molecule has 2 aromatic rings. The number of carbonyl (C=O) groups is 1. The summed E-state index contributed by atoms with van der Waals surface area (Å²) in [4.78, 5) is 16.7. The minimum absolute atomic E-state index is 0.0833. The van der Waals surface area contributed by atoms with E-state index in [0.717, 1.165) is 18.2 Å². The molecule has 0 aliphatic heterocycles. The van der Waals surface area contributed by atoms with E-state index in [2.05, 4.69) is 4.98 Å². The molecule has 0 fully saturated rings. The van der Waals surface area contributed by atoms with Crippen molar-refractivity contribution in [3.63, 3.8) is 0 Å². The van der Waals surface area contributed by atoms with Gasteiger partial charge in [0, 0.05) is 31.4 Å². The quantitative estimate of drug-likeness (QED) is 0.810. The van der Waals surface area contributed by atoms with Gasteiger partial charge in [0.25, 0.3) is 5.91 Å². The molecule has 104 valence electrons. The number of rotatable bonds is 3. The second-order valence-corrected chi connectivity index (χ2v) is 4.28. The summed E-state index contributed by atoms with van der Waals surface area (Å²) in [5.74, 6) is -3.11. The molecule has 0 bridgehead atoms. The summed E-state index contributed by atoms with van der Waals surface area (Å²) in [5, 5.41) is 0. The summed E-state index contributed by atoms with van der Waals surface area (Å²) in [5.41, 5.74) is 0.580. The summed E-state index contributed by atoms with van der Waals surface area (Å²) in [6, 6.07) is 5.80. The lowest BCUT2D eigenvalue weighted by molar-refractivity contribution is 0.0784. The highest BCUT2D eigenvalue weighted by Crippen LogP contribution is 2.12. The van der Waals surface area contributed by atoms with Crippen LogP contribution in [0.1, 0.15) is 15.9 Å². The lowest BCUT2D eigenvalue weighted by Crippen LogP contribution is -2.26. The van der Waals surface area contributed by atoms with Crippen LogP contribution in [0.2, 0.25) is 0 Å². The number of hydrogen-bond donors (Lipinski definition) is 0. The highest BCUT2D eigenvalue weighted by molar-refractivity contribution is 5.93. The van der Waals surface area contributed by atoms with Gasteiger partial charge in [-0.25, -0.2) is 13.8 Å². The van der Waals surface area contributed by atoms with Gasteiger partial charge >= 0.3 is 0 Å². The number of hydrogen-bond acceptors (Lipinski definition) is 2. The van der Waals surface area contributed by atoms with Crippen molar-refractivity contribution >= 4 is 5.91 Å². The number of benzene rings is 1. The van der Waals surface area contributed by atoms with Gasteiger partial charge in [-0.15, -0.1) is 0 Å². The molecule has 0 unspecified atom stereocenters. The second kappa shape index (κ2) is 5.73. The molecule has 0 spiro atoms. The topological polar surface area (TPSA) is 33.2 Å². The van der Waals surface area contributed by atoms with Crippen molar-refractivity contribution in [2.75, 3.05) is 7.05 Å². The molecule has 2 rings (SSSR count). The predicted molar refractivity (Wildman–Crippen MR) is 66.4 cm³/mol. The summed E-state index contributed by atoms with van der Waals surface area (Å²) >= 11 is 0. The fourth-order valence-corrected chi connectivity index (χ4v) is 1.74. The summed E-state index contributed by atoms with van der Waals surface area (Å²) in [7, 11) is 1.49. The average Bonchev–Trinajstić information content (AvgIpc) is 2.42. The van der Waals surface area contributed by atoms with Crippen LogP contribution < -0.4 is 0 Å². The van der Waals surface area contributed by atoms with Crippen LogP contribution in [-0.2, 0) is 6.54 Å². The Balaban J connectivity index is 2.13. The zero-order valence-corrected chi connectivity index (χ0v) is 10.6. The molecular weight excluding hydrogens is 269 g/mol. The Morgan fingerprint density at radius 1 is 1.15 bits per heavy atom. The van der Waals surface area contributed by atoms with Crippen molar-refractivity contribution in [2.24, 2.45) is 0 Å². The number of nitrogens with zero attached hydrogens (tertiary/aromatic N) is 2. The van der Waals surface area contributed by atoms with Gasteiger partial charge < -0.3 is 4.90 Å². The highest BCUT2D eigenvalue weighted by atomic mass is 19.2. The Bertz CT molecular complexity index is 646. The molecule has 0 aliphatic rings. The number of halogens is 3. The largest absolute Gasteiger partial charge is 0.337 e. The number of amides is 1. The fourth-order valence-electron chi connectivity index (χ4n) is 1.74. The third-order valence-electron chi connectivity index (χ3n) is 2.72. The molecule has 0 radical (unpaired) electrons. The number of pyridine rings is 1. The van der Waals surface area contributed by atoms with Crippen molar-refractivity contribution in [3.05, 3.63) is 65.2 Å². The molecule has 20 heavy (non-hydrogen) atoms. The highest BCUT2D eigenvalue weighted by Gasteiger charge is 2.13. The van der Waals surface area contributed by atoms with Gasteiger partial charge in [-0.2, -0.15) is 4.39 Å². The van der Waals surface area contributed by atoms with Crippen molar-refractivity contribution in [3.8, 4) is 0 Å². The molecule has 1 heterocycles. The molecule has 1 amide bonds. The van der Waals surface area contributed by atoms with Crippen LogP contribution in [0.25, 0.3) is 0 Å². The lowest BCUT2D eigenvalue weighted by Gasteiger charge is -2.17. The average molecular weight is 280 g/mol. The van der Waals surface area contributed by atoms with E-state index in [0.29, 0.717) is 5.56 Å². The third kappa shape index (κ3) is 3.14. The van der Waals surface area contributed by atoms with E-state index in [9.17, 15) is 18.0 Å². The first kappa shape index (κ1) is 14.0. The van der Waals surface area contributed by atoms with Gasteiger partial charge in [-0.1, -0.05) is 6.07 Å². The first-order valence-electron chi connectivity index (χ1n) is 5.78. The minimum Gasteiger partial charge on any atom is -0.337 e. The van der Waals surface area contributed by atoms with Crippen LogP contribution in [0.15, 0.2) is 36.5 Å². The molecule has 0 saturated heterocycles. The molecule has 0 atom stereocenters. The summed E-state index contributed by atoms with van der Waals surface area (Å²) in [6.07, 6.45) is 1.19. The normalized spacial score (nSPS) is 10.4. The second-order valence-electron chi connectivity index (χ2n) is 4.28. The number of aromatic nitrogens is 1. The molecule has 3 nitrogen and oxygen atoms in total. The molecule has 0 aliphatic carbocycles. The van der Waals surface area contributed by atoms with E-state index in [-0.39, 0.29) is 12.1 Å². The summed E-state index contributed by atoms with van der Waals surface area (Å²) in [6.45, 7) is 0.0833. The molecule has 1 aromatic carbocycles. The molecule has 0 saturated carbocycles. The van der Waals surface area contributed by atoms with Gasteiger partial charge in [0.1, 0.15) is 0 Å². The van der Waals surface area contributed by atoms with Crippen LogP contribution >= 0.6 is 0 Å². The van der Waals surface area contributed by atoms with E-state index >= 15 is 0 Å². The standard InChI is InChI=1S/C14H11F3N2O/c1-19(8-9-2-3-11(15)12(16)6-9)14(20)10-4-5-18-13(17)7-10/h2-7H,8H2,1H3. The van der Waals surface area contributed by atoms with Crippen molar-refractivity contribution in [1.29, 1.82) is 0 Å². The van der Waals surface area contributed by atoms with Crippen molar-refractivity contribution < 1.29 is 18.0 Å². The zero-order valence-electron chi connectivity index (χ0n) is 10.6. The van der Waals surface area contributed by atoms with E-state index < -0.39 is 23.5 Å². The van der Waals surface area contributed by atoms with Crippen LogP contribution in [0.4, 0.5) is 13.2 Å². The number of carbonyl (C=O) groups excluding carboxylic acids is 1. The van der Waals surface area contributed by atoms with Crippen LogP contribution in [0, 0.1) is 17.6 Å². The monoisotopic (exact) mass is 280 g/mol. The Labute approximate surface area is 113 Å². The summed E-state index contributed by atoms with van der Waals surface area (Å²) < 4.78 is 38.8. The maximum absolute atomic E-state index is 13.1. The Morgan fingerprint density at radius 2 is 1.90 bits per heavy atom. The molecule has 0 N–H and O–H groups in total. The first-order valence-corrected chi connectivity index (χ1v) is 5.78. The van der Waals surface area contributed by atoms with E-state index in [1.807, 2.05) is 0 Å². The Kier molecular flexibility index (Phi) is 4.02. The Hall–Kier alpha value is -2.37.